The molecular formula is C17H19N7O. The van der Waals surface area contributed by atoms with Gasteiger partial charge in [-0.15, -0.1) is 0 Å². The van der Waals surface area contributed by atoms with Crippen LogP contribution in [-0.4, -0.2) is 44.2 Å². The Morgan fingerprint density at radius 1 is 1.20 bits per heavy atom. The van der Waals surface area contributed by atoms with Gasteiger partial charge in [-0.25, -0.2) is 4.68 Å². The van der Waals surface area contributed by atoms with Crippen LogP contribution in [0.15, 0.2) is 36.5 Å². The van der Waals surface area contributed by atoms with Gasteiger partial charge in [0, 0.05) is 30.6 Å². The molecule has 128 valence electrons. The predicted molar refractivity (Wildman–Crippen MR) is 92.8 cm³/mol. The molecule has 4 rings (SSSR count). The van der Waals surface area contributed by atoms with Crippen LogP contribution in [0.1, 0.15) is 18.4 Å². The topological polar surface area (TPSA) is 103 Å². The second-order valence-electron chi connectivity index (χ2n) is 6.29. The average Bonchev–Trinajstić information content (AvgIpc) is 3.10. The summed E-state index contributed by atoms with van der Waals surface area (Å²) in [6.45, 7) is 2.03. The Bertz CT molecular complexity index is 893. The number of hydrogen-bond acceptors (Lipinski definition) is 6. The summed E-state index contributed by atoms with van der Waals surface area (Å²) in [4.78, 5) is 17.8. The number of hydrogen-bond donors (Lipinski definition) is 1. The van der Waals surface area contributed by atoms with Crippen molar-refractivity contribution in [2.45, 2.75) is 19.4 Å². The molecular weight excluding hydrogens is 318 g/mol. The Hall–Kier alpha value is -3.03. The van der Waals surface area contributed by atoms with Gasteiger partial charge in [0.2, 0.25) is 11.9 Å². The zero-order valence-electron chi connectivity index (χ0n) is 13.7. The van der Waals surface area contributed by atoms with Gasteiger partial charge in [0.25, 0.3) is 0 Å². The predicted octanol–water partition coefficient (Wildman–Crippen LogP) is 0.971. The van der Waals surface area contributed by atoms with E-state index in [-0.39, 0.29) is 11.8 Å². The number of anilines is 1. The number of tetrazole rings is 1. The lowest BCUT2D eigenvalue weighted by Crippen LogP contribution is -2.39. The van der Waals surface area contributed by atoms with Crippen molar-refractivity contribution in [3.05, 3.63) is 42.1 Å². The minimum atomic E-state index is -0.220. The molecule has 1 saturated heterocycles. The fourth-order valence-corrected chi connectivity index (χ4v) is 3.36. The number of aromatic nitrogens is 5. The minimum Gasteiger partial charge on any atom is -0.369 e. The van der Waals surface area contributed by atoms with Crippen molar-refractivity contribution in [2.75, 3.05) is 18.0 Å². The Morgan fingerprint density at radius 3 is 2.84 bits per heavy atom. The number of piperidine rings is 1. The molecule has 2 aromatic heterocycles. The second kappa shape index (κ2) is 6.46. The number of rotatable bonds is 4. The highest BCUT2D eigenvalue weighted by Gasteiger charge is 2.26. The average molecular weight is 337 g/mol. The number of nitrogens with two attached hydrogens (primary N) is 1. The minimum absolute atomic E-state index is 0.0512. The first-order valence-electron chi connectivity index (χ1n) is 8.35. The first-order chi connectivity index (χ1) is 12.2. The van der Waals surface area contributed by atoms with Crippen molar-refractivity contribution in [1.82, 2.24) is 25.2 Å². The van der Waals surface area contributed by atoms with Crippen LogP contribution in [0.2, 0.25) is 0 Å². The van der Waals surface area contributed by atoms with E-state index in [0.717, 1.165) is 48.3 Å². The van der Waals surface area contributed by atoms with E-state index in [1.807, 2.05) is 18.2 Å². The third kappa shape index (κ3) is 3.02. The van der Waals surface area contributed by atoms with Crippen molar-refractivity contribution in [3.8, 4) is 0 Å². The van der Waals surface area contributed by atoms with Gasteiger partial charge in [0.1, 0.15) is 0 Å². The highest BCUT2D eigenvalue weighted by molar-refractivity contribution is 5.82. The lowest BCUT2D eigenvalue weighted by molar-refractivity contribution is -0.122. The molecule has 1 amide bonds. The molecule has 2 N–H and O–H groups in total. The number of carbonyl (C=O) groups excluding carboxylic acids is 1. The van der Waals surface area contributed by atoms with Crippen LogP contribution in [0.3, 0.4) is 0 Å². The van der Waals surface area contributed by atoms with E-state index in [9.17, 15) is 4.79 Å². The van der Waals surface area contributed by atoms with Gasteiger partial charge in [0.05, 0.1) is 12.1 Å². The van der Waals surface area contributed by atoms with Crippen molar-refractivity contribution in [2.24, 2.45) is 11.7 Å². The van der Waals surface area contributed by atoms with Crippen LogP contribution in [0.25, 0.3) is 10.9 Å². The van der Waals surface area contributed by atoms with Gasteiger partial charge in [-0.2, -0.15) is 0 Å². The first-order valence-corrected chi connectivity index (χ1v) is 8.35. The van der Waals surface area contributed by atoms with E-state index in [0.29, 0.717) is 6.54 Å². The van der Waals surface area contributed by atoms with Crippen LogP contribution >= 0.6 is 0 Å². The fourth-order valence-electron chi connectivity index (χ4n) is 3.36. The quantitative estimate of drug-likeness (QED) is 0.761. The SMILES string of the molecule is NC(=O)C1CCN(c2nnnn2Cc2cccc3ncccc23)CC1. The van der Waals surface area contributed by atoms with E-state index in [2.05, 4.69) is 37.5 Å². The molecule has 0 atom stereocenters. The maximum atomic E-state index is 11.3. The van der Waals surface area contributed by atoms with Crippen molar-refractivity contribution in [3.63, 3.8) is 0 Å². The molecule has 3 heterocycles. The molecule has 0 bridgehead atoms. The maximum absolute atomic E-state index is 11.3. The van der Waals surface area contributed by atoms with Gasteiger partial charge in [-0.3, -0.25) is 9.78 Å². The number of benzene rings is 1. The normalized spacial score (nSPS) is 15.6. The number of fused-ring (bicyclic) bond motifs is 1. The lowest BCUT2D eigenvalue weighted by Gasteiger charge is -2.30. The fraction of sp³-hybridized carbons (Fsp3) is 0.353. The van der Waals surface area contributed by atoms with Crippen LogP contribution in [-0.2, 0) is 11.3 Å². The molecule has 1 aliphatic rings. The number of amides is 1. The van der Waals surface area contributed by atoms with Crippen LogP contribution in [0.4, 0.5) is 5.95 Å². The molecule has 0 radical (unpaired) electrons. The Morgan fingerprint density at radius 2 is 2.04 bits per heavy atom. The zero-order chi connectivity index (χ0) is 17.2. The number of carbonyl (C=O) groups is 1. The molecule has 0 saturated carbocycles. The van der Waals surface area contributed by atoms with E-state index in [4.69, 9.17) is 5.73 Å². The van der Waals surface area contributed by atoms with E-state index in [1.54, 1.807) is 10.9 Å². The third-order valence-electron chi connectivity index (χ3n) is 4.75. The smallest absolute Gasteiger partial charge is 0.245 e. The van der Waals surface area contributed by atoms with Crippen LogP contribution < -0.4 is 10.6 Å². The Balaban J connectivity index is 1.57. The first kappa shape index (κ1) is 15.5. The molecule has 0 spiro atoms. The molecule has 25 heavy (non-hydrogen) atoms. The molecule has 8 nitrogen and oxygen atoms in total. The molecule has 0 aliphatic carbocycles. The van der Waals surface area contributed by atoms with Crippen molar-refractivity contribution in [1.29, 1.82) is 0 Å². The Kier molecular flexibility index (Phi) is 4.01. The molecule has 1 fully saturated rings. The second-order valence-corrected chi connectivity index (χ2v) is 6.29. The molecule has 8 heteroatoms. The van der Waals surface area contributed by atoms with Gasteiger partial charge < -0.3 is 10.6 Å². The van der Waals surface area contributed by atoms with Crippen molar-refractivity contribution >= 4 is 22.8 Å². The monoisotopic (exact) mass is 337 g/mol. The number of pyridine rings is 1. The lowest BCUT2D eigenvalue weighted by atomic mass is 9.96. The van der Waals surface area contributed by atoms with E-state index < -0.39 is 0 Å². The highest BCUT2D eigenvalue weighted by atomic mass is 16.1. The third-order valence-corrected chi connectivity index (χ3v) is 4.75. The van der Waals surface area contributed by atoms with Gasteiger partial charge >= 0.3 is 0 Å². The summed E-state index contributed by atoms with van der Waals surface area (Å²) in [5.41, 5.74) is 7.48. The Labute approximate surface area is 144 Å². The molecule has 1 aromatic carbocycles. The summed E-state index contributed by atoms with van der Waals surface area (Å²) in [5.74, 6) is 0.455. The summed E-state index contributed by atoms with van der Waals surface area (Å²) in [6, 6.07) is 10.0. The largest absolute Gasteiger partial charge is 0.369 e. The van der Waals surface area contributed by atoms with E-state index >= 15 is 0 Å². The van der Waals surface area contributed by atoms with Crippen LogP contribution in [0.5, 0.6) is 0 Å². The maximum Gasteiger partial charge on any atom is 0.245 e. The highest BCUT2D eigenvalue weighted by Crippen LogP contribution is 2.23. The summed E-state index contributed by atoms with van der Waals surface area (Å²) in [6.07, 6.45) is 3.26. The number of primary amides is 1. The van der Waals surface area contributed by atoms with Gasteiger partial charge in [-0.05, 0) is 41.0 Å². The number of nitrogens with zero attached hydrogens (tertiary/aromatic N) is 6. The summed E-state index contributed by atoms with van der Waals surface area (Å²) in [7, 11) is 0. The van der Waals surface area contributed by atoms with E-state index in [1.165, 1.54) is 0 Å². The molecule has 0 unspecified atom stereocenters. The van der Waals surface area contributed by atoms with Gasteiger partial charge in [0.15, 0.2) is 0 Å². The molecule has 1 aliphatic heterocycles. The summed E-state index contributed by atoms with van der Waals surface area (Å²) in [5, 5.41) is 13.3. The zero-order valence-corrected chi connectivity index (χ0v) is 13.7. The molecule has 3 aromatic rings. The summed E-state index contributed by atoms with van der Waals surface area (Å²) >= 11 is 0. The standard InChI is InChI=1S/C17H19N7O/c18-16(25)12-6-9-23(10-7-12)17-20-21-22-24(17)11-13-3-1-5-15-14(13)4-2-8-19-15/h1-5,8,12H,6-7,9-11H2,(H2,18,25). The van der Waals surface area contributed by atoms with Crippen LogP contribution in [0, 0.1) is 5.92 Å². The summed E-state index contributed by atoms with van der Waals surface area (Å²) < 4.78 is 1.80. The van der Waals surface area contributed by atoms with Gasteiger partial charge in [-0.1, -0.05) is 23.3 Å². The van der Waals surface area contributed by atoms with Crippen molar-refractivity contribution < 1.29 is 4.79 Å².